The summed E-state index contributed by atoms with van der Waals surface area (Å²) in [6.07, 6.45) is 0.0626. The second kappa shape index (κ2) is 8.88. The number of para-hydroxylation sites is 1. The topological polar surface area (TPSA) is 125 Å². The highest BCUT2D eigenvalue weighted by Gasteiger charge is 2.29. The molecule has 8 heteroatoms. The van der Waals surface area contributed by atoms with Gasteiger partial charge in [0.2, 0.25) is 5.91 Å². The summed E-state index contributed by atoms with van der Waals surface area (Å²) >= 11 is 0. The molecule has 8 nitrogen and oxygen atoms in total. The molecule has 0 bridgehead atoms. The second-order valence-corrected chi connectivity index (χ2v) is 6.39. The van der Waals surface area contributed by atoms with E-state index < -0.39 is 29.9 Å². The molecule has 0 radical (unpaired) electrons. The second-order valence-electron chi connectivity index (χ2n) is 6.39. The first-order valence-electron chi connectivity index (χ1n) is 8.47. The number of nitrogens with one attached hydrogen (secondary N) is 2. The summed E-state index contributed by atoms with van der Waals surface area (Å²) in [6.45, 7) is 3.43. The van der Waals surface area contributed by atoms with Gasteiger partial charge >= 0.3 is 5.97 Å². The lowest BCUT2D eigenvalue weighted by molar-refractivity contribution is -0.143. The van der Waals surface area contributed by atoms with Crippen molar-refractivity contribution >= 4 is 35.0 Å². The van der Waals surface area contributed by atoms with Crippen molar-refractivity contribution in [2.45, 2.75) is 32.4 Å². The van der Waals surface area contributed by atoms with Gasteiger partial charge in [0.25, 0.3) is 5.91 Å². The van der Waals surface area contributed by atoms with E-state index in [0.717, 1.165) is 5.39 Å². The van der Waals surface area contributed by atoms with Crippen LogP contribution in [0.3, 0.4) is 0 Å². The number of hydrogen-bond donors (Lipinski definition) is 3. The number of aromatic nitrogens is 1. The minimum Gasteiger partial charge on any atom is -0.480 e. The van der Waals surface area contributed by atoms with Gasteiger partial charge in [-0.15, -0.1) is 0 Å². The minimum absolute atomic E-state index is 0.148. The monoisotopic (exact) mass is 371 g/mol. The molecular formula is C19H21N3O5. The Morgan fingerprint density at radius 2 is 1.81 bits per heavy atom. The largest absolute Gasteiger partial charge is 0.480 e. The molecule has 142 valence electrons. The smallest absolute Gasteiger partial charge is 0.326 e. The molecule has 0 saturated heterocycles. The molecule has 2 unspecified atom stereocenters. The number of aliphatic carboxylic acids is 1. The van der Waals surface area contributed by atoms with Crippen molar-refractivity contribution in [2.75, 3.05) is 0 Å². The fourth-order valence-corrected chi connectivity index (χ4v) is 2.52. The molecular weight excluding hydrogens is 350 g/mol. The normalized spacial score (nSPS) is 13.0. The highest BCUT2D eigenvalue weighted by molar-refractivity contribution is 5.98. The fourth-order valence-electron chi connectivity index (χ4n) is 2.52. The number of carboxylic acid groups (broad SMARTS) is 1. The number of nitrogens with zero attached hydrogens (tertiary/aromatic N) is 1. The number of benzene rings is 1. The van der Waals surface area contributed by atoms with Crippen molar-refractivity contribution < 1.29 is 24.3 Å². The van der Waals surface area contributed by atoms with Crippen molar-refractivity contribution in [1.29, 1.82) is 0 Å². The molecule has 1 aromatic heterocycles. The Morgan fingerprint density at radius 3 is 2.44 bits per heavy atom. The van der Waals surface area contributed by atoms with Crippen molar-refractivity contribution in [3.63, 3.8) is 0 Å². The highest BCUT2D eigenvalue weighted by Crippen LogP contribution is 2.12. The fraction of sp³-hybridized carbons (Fsp3) is 0.316. The van der Waals surface area contributed by atoms with E-state index in [0.29, 0.717) is 11.8 Å². The molecule has 2 amide bonds. The van der Waals surface area contributed by atoms with Crippen LogP contribution in [0.15, 0.2) is 36.4 Å². The lowest BCUT2D eigenvalue weighted by Crippen LogP contribution is -2.53. The number of rotatable bonds is 8. The molecule has 0 aliphatic rings. The van der Waals surface area contributed by atoms with Gasteiger partial charge < -0.3 is 20.5 Å². The summed E-state index contributed by atoms with van der Waals surface area (Å²) in [6, 6.07) is 8.31. The quantitative estimate of drug-likeness (QED) is 0.598. The van der Waals surface area contributed by atoms with Crippen LogP contribution in [0, 0.1) is 5.92 Å². The lowest BCUT2D eigenvalue weighted by Gasteiger charge is -2.23. The van der Waals surface area contributed by atoms with Crippen LogP contribution in [0.2, 0.25) is 0 Å². The molecule has 0 spiro atoms. The van der Waals surface area contributed by atoms with Gasteiger partial charge in [-0.25, -0.2) is 9.78 Å². The molecule has 2 aromatic rings. The van der Waals surface area contributed by atoms with E-state index in [2.05, 4.69) is 15.6 Å². The Balaban J connectivity index is 2.15. The van der Waals surface area contributed by atoms with Crippen LogP contribution in [0.25, 0.3) is 10.9 Å². The first-order chi connectivity index (χ1) is 12.8. The van der Waals surface area contributed by atoms with Gasteiger partial charge in [-0.3, -0.25) is 9.59 Å². The van der Waals surface area contributed by atoms with Crippen LogP contribution in [0.5, 0.6) is 0 Å². The van der Waals surface area contributed by atoms with Crippen molar-refractivity contribution in [3.05, 3.63) is 42.1 Å². The number of carboxylic acids is 1. The number of carbonyl (C=O) groups is 4. The van der Waals surface area contributed by atoms with Crippen LogP contribution in [-0.4, -0.2) is 46.2 Å². The van der Waals surface area contributed by atoms with E-state index in [-0.39, 0.29) is 18.0 Å². The molecule has 27 heavy (non-hydrogen) atoms. The minimum atomic E-state index is -1.34. The number of pyridine rings is 1. The molecule has 0 aliphatic heterocycles. The predicted octanol–water partition coefficient (Wildman–Crippen LogP) is 1.15. The Labute approximate surface area is 156 Å². The molecule has 0 saturated carbocycles. The summed E-state index contributed by atoms with van der Waals surface area (Å²) < 4.78 is 0. The number of fused-ring (bicyclic) bond motifs is 1. The number of aldehydes is 1. The van der Waals surface area contributed by atoms with Crippen LogP contribution >= 0.6 is 0 Å². The van der Waals surface area contributed by atoms with Gasteiger partial charge in [0, 0.05) is 11.8 Å². The Kier molecular flexibility index (Phi) is 6.59. The third-order valence-electron chi connectivity index (χ3n) is 4.01. The molecule has 2 atom stereocenters. The molecule has 0 aliphatic carbocycles. The van der Waals surface area contributed by atoms with Gasteiger partial charge in [-0.2, -0.15) is 0 Å². The molecule has 0 fully saturated rings. The maximum atomic E-state index is 12.5. The van der Waals surface area contributed by atoms with E-state index in [1.54, 1.807) is 38.1 Å². The van der Waals surface area contributed by atoms with Crippen LogP contribution in [0.4, 0.5) is 0 Å². The summed E-state index contributed by atoms with van der Waals surface area (Å²) in [7, 11) is 0. The molecule has 3 N–H and O–H groups in total. The Morgan fingerprint density at radius 1 is 1.11 bits per heavy atom. The number of amides is 2. The van der Waals surface area contributed by atoms with Crippen molar-refractivity contribution in [1.82, 2.24) is 15.6 Å². The molecule has 2 rings (SSSR count). The summed E-state index contributed by atoms with van der Waals surface area (Å²) in [5.74, 6) is -2.84. The lowest BCUT2D eigenvalue weighted by atomic mass is 10.0. The summed E-state index contributed by atoms with van der Waals surface area (Å²) in [5.41, 5.74) is 0.794. The third-order valence-corrected chi connectivity index (χ3v) is 4.01. The first kappa shape index (κ1) is 20.0. The van der Waals surface area contributed by atoms with Crippen LogP contribution < -0.4 is 10.6 Å². The first-order valence-corrected chi connectivity index (χ1v) is 8.47. The van der Waals surface area contributed by atoms with Crippen LogP contribution in [0.1, 0.15) is 30.8 Å². The van der Waals surface area contributed by atoms with Gasteiger partial charge in [-0.1, -0.05) is 38.1 Å². The third kappa shape index (κ3) is 5.10. The molecule has 1 aromatic carbocycles. The zero-order valence-electron chi connectivity index (χ0n) is 15.0. The van der Waals surface area contributed by atoms with Crippen molar-refractivity contribution in [2.24, 2.45) is 5.92 Å². The highest BCUT2D eigenvalue weighted by atomic mass is 16.4. The maximum Gasteiger partial charge on any atom is 0.326 e. The SMILES string of the molecule is CC(C)C(NC(=O)c1ccc2ccccc2n1)C(=O)NC(CC=O)C(=O)O. The maximum absolute atomic E-state index is 12.5. The summed E-state index contributed by atoms with van der Waals surface area (Å²) in [5, 5.41) is 14.8. The average molecular weight is 371 g/mol. The van der Waals surface area contributed by atoms with Gasteiger partial charge in [0.05, 0.1) is 5.52 Å². The number of carbonyl (C=O) groups excluding carboxylic acids is 3. The standard InChI is InChI=1S/C19H21N3O5/c1-11(2)16(18(25)21-15(9-10-23)19(26)27)22-17(24)14-8-7-12-5-3-4-6-13(12)20-14/h3-8,10-11,15-16H,9H2,1-2H3,(H,21,25)(H,22,24)(H,26,27). The van der Waals surface area contributed by atoms with E-state index in [1.165, 1.54) is 0 Å². The van der Waals surface area contributed by atoms with E-state index in [1.807, 2.05) is 12.1 Å². The van der Waals surface area contributed by atoms with E-state index in [9.17, 15) is 19.2 Å². The van der Waals surface area contributed by atoms with Crippen molar-refractivity contribution in [3.8, 4) is 0 Å². The van der Waals surface area contributed by atoms with Crippen LogP contribution in [-0.2, 0) is 14.4 Å². The average Bonchev–Trinajstić information content (AvgIpc) is 2.64. The van der Waals surface area contributed by atoms with Gasteiger partial charge in [0.15, 0.2) is 0 Å². The zero-order chi connectivity index (χ0) is 20.0. The van der Waals surface area contributed by atoms with Gasteiger partial charge in [-0.05, 0) is 18.1 Å². The van der Waals surface area contributed by atoms with Gasteiger partial charge in [0.1, 0.15) is 24.1 Å². The zero-order valence-corrected chi connectivity index (χ0v) is 15.0. The Hall–Kier alpha value is -3.29. The van der Waals surface area contributed by atoms with E-state index >= 15 is 0 Å². The summed E-state index contributed by atoms with van der Waals surface area (Å²) in [4.78, 5) is 50.9. The Bertz CT molecular complexity index is 865. The predicted molar refractivity (Wildman–Crippen MR) is 98.1 cm³/mol. The number of hydrogen-bond acceptors (Lipinski definition) is 5. The molecule has 1 heterocycles. The van der Waals surface area contributed by atoms with E-state index in [4.69, 9.17) is 5.11 Å².